The first-order valence-electron chi connectivity index (χ1n) is 23.4. The van der Waals surface area contributed by atoms with Gasteiger partial charge in [-0.25, -0.2) is 4.57 Å². The van der Waals surface area contributed by atoms with E-state index in [4.69, 9.17) is 19.3 Å². The number of phosphoric acid groups is 1. The minimum absolute atomic E-state index is 0.00611. The SMILES string of the molecule is CCCCCCCC/C=C\CCCCCCCCCCCCCC(=O)O[C@H](COC(=O)CCC/C=C\C[C@H]1C(=O)C[C@@H](O)[C@@H]1/C=C/[C@@H](O)CCCCC)COP(=O)(O)O. The number of ether oxygens (including phenoxy) is 2. The van der Waals surface area contributed by atoms with Crippen LogP contribution in [0.2, 0.25) is 0 Å². The zero-order valence-corrected chi connectivity index (χ0v) is 37.8. The van der Waals surface area contributed by atoms with E-state index in [9.17, 15) is 29.2 Å². The third-order valence-electron chi connectivity index (χ3n) is 11.0. The Kier molecular flexibility index (Phi) is 34.0. The summed E-state index contributed by atoms with van der Waals surface area (Å²) in [5.74, 6) is -1.80. The topological polar surface area (TPSA) is 177 Å². The standard InChI is InChI=1S/C47H83O11P/c1-3-5-7-8-9-10-11-12-13-14-15-16-17-18-19-20-21-22-23-24-30-34-47(52)58-41(39-57-59(53,54)55)38-56-46(51)33-29-26-25-28-32-42-43(45(50)37-44(42)49)36-35-40(48)31-27-6-4-2/h12-13,25,28,35-36,40-43,45,48,50H,3-11,14-24,26-27,29-34,37-39H2,1-2H3,(H2,53,54,55)/b13-12-,28-25-,36-35+/t40-,41+,42+,43+,45+/m0/s1. The van der Waals surface area contributed by atoms with Gasteiger partial charge in [0.05, 0.1) is 18.8 Å². The Morgan fingerprint density at radius 3 is 1.80 bits per heavy atom. The molecule has 342 valence electrons. The highest BCUT2D eigenvalue weighted by atomic mass is 31.2. The van der Waals surface area contributed by atoms with Gasteiger partial charge >= 0.3 is 19.8 Å². The van der Waals surface area contributed by atoms with Gasteiger partial charge in [0, 0.05) is 31.1 Å². The van der Waals surface area contributed by atoms with Crippen molar-refractivity contribution in [1.29, 1.82) is 0 Å². The van der Waals surface area contributed by atoms with Crippen molar-refractivity contribution in [2.45, 2.75) is 218 Å². The molecule has 0 heterocycles. The molecular formula is C47H83O11P. The fourth-order valence-corrected chi connectivity index (χ4v) is 7.77. The van der Waals surface area contributed by atoms with Gasteiger partial charge in [-0.1, -0.05) is 159 Å². The van der Waals surface area contributed by atoms with Crippen LogP contribution in [-0.4, -0.2) is 69.2 Å². The molecule has 4 N–H and O–H groups in total. The lowest BCUT2D eigenvalue weighted by molar-refractivity contribution is -0.161. The van der Waals surface area contributed by atoms with Crippen molar-refractivity contribution in [3.63, 3.8) is 0 Å². The highest BCUT2D eigenvalue weighted by Crippen LogP contribution is 2.36. The zero-order chi connectivity index (χ0) is 43.4. The lowest BCUT2D eigenvalue weighted by Crippen LogP contribution is -2.29. The van der Waals surface area contributed by atoms with Gasteiger partial charge in [0.25, 0.3) is 0 Å². The molecule has 0 aliphatic heterocycles. The normalized spacial score (nSPS) is 18.4. The molecule has 0 saturated heterocycles. The van der Waals surface area contributed by atoms with Gasteiger partial charge in [0.2, 0.25) is 0 Å². The second kappa shape index (κ2) is 36.5. The number of phosphoric ester groups is 1. The molecule has 0 aromatic carbocycles. The number of aliphatic hydroxyl groups excluding tert-OH is 2. The zero-order valence-electron chi connectivity index (χ0n) is 36.9. The van der Waals surface area contributed by atoms with E-state index < -0.39 is 44.7 Å². The maximum absolute atomic E-state index is 12.5. The van der Waals surface area contributed by atoms with Gasteiger partial charge in [0.15, 0.2) is 6.10 Å². The number of hydrogen-bond donors (Lipinski definition) is 4. The summed E-state index contributed by atoms with van der Waals surface area (Å²) < 4.78 is 26.4. The van der Waals surface area contributed by atoms with Crippen molar-refractivity contribution >= 4 is 25.5 Å². The van der Waals surface area contributed by atoms with Crippen LogP contribution < -0.4 is 0 Å². The van der Waals surface area contributed by atoms with E-state index in [0.29, 0.717) is 32.1 Å². The van der Waals surface area contributed by atoms with E-state index in [2.05, 4.69) is 30.5 Å². The molecule has 59 heavy (non-hydrogen) atoms. The molecule has 0 aromatic heterocycles. The molecule has 0 radical (unpaired) electrons. The third-order valence-corrected chi connectivity index (χ3v) is 11.5. The van der Waals surface area contributed by atoms with Gasteiger partial charge in [-0.15, -0.1) is 0 Å². The molecule has 12 heteroatoms. The van der Waals surface area contributed by atoms with E-state index >= 15 is 0 Å². The molecule has 1 rings (SSSR count). The number of ketones is 1. The molecule has 5 atom stereocenters. The molecule has 0 aromatic rings. The van der Waals surface area contributed by atoms with Crippen LogP contribution in [-0.2, 0) is 32.9 Å². The molecule has 11 nitrogen and oxygen atoms in total. The predicted octanol–water partition coefficient (Wildman–Crippen LogP) is 11.1. The first-order chi connectivity index (χ1) is 28.5. The Morgan fingerprint density at radius 1 is 0.695 bits per heavy atom. The molecule has 1 fully saturated rings. The Hall–Kier alpha value is -2.14. The average Bonchev–Trinajstić information content (AvgIpc) is 3.47. The maximum Gasteiger partial charge on any atom is 0.469 e. The van der Waals surface area contributed by atoms with Crippen LogP contribution in [0.3, 0.4) is 0 Å². The van der Waals surface area contributed by atoms with E-state index in [-0.39, 0.29) is 43.5 Å². The number of carbonyl (C=O) groups excluding carboxylic acids is 3. The van der Waals surface area contributed by atoms with Crippen molar-refractivity contribution in [2.75, 3.05) is 13.2 Å². The molecule has 0 bridgehead atoms. The van der Waals surface area contributed by atoms with Crippen LogP contribution in [0.1, 0.15) is 200 Å². The summed E-state index contributed by atoms with van der Waals surface area (Å²) in [6.45, 7) is 3.37. The highest BCUT2D eigenvalue weighted by molar-refractivity contribution is 7.46. The molecule has 0 amide bonds. The van der Waals surface area contributed by atoms with Crippen molar-refractivity contribution in [2.24, 2.45) is 11.8 Å². The molecule has 1 aliphatic rings. The van der Waals surface area contributed by atoms with E-state index in [1.54, 1.807) is 12.2 Å². The first-order valence-corrected chi connectivity index (χ1v) is 24.9. The number of rotatable bonds is 39. The predicted molar refractivity (Wildman–Crippen MR) is 235 cm³/mol. The largest absolute Gasteiger partial charge is 0.469 e. The van der Waals surface area contributed by atoms with Gasteiger partial charge in [-0.05, 0) is 57.8 Å². The Balaban J connectivity index is 2.21. The summed E-state index contributed by atoms with van der Waals surface area (Å²) in [6, 6.07) is 0. The summed E-state index contributed by atoms with van der Waals surface area (Å²) in [5, 5.41) is 20.6. The summed E-state index contributed by atoms with van der Waals surface area (Å²) in [7, 11) is -4.82. The second-order valence-electron chi connectivity index (χ2n) is 16.5. The molecule has 1 saturated carbocycles. The summed E-state index contributed by atoms with van der Waals surface area (Å²) in [6.07, 6.45) is 38.0. The number of hydrogen-bond acceptors (Lipinski definition) is 9. The summed E-state index contributed by atoms with van der Waals surface area (Å²) >= 11 is 0. The molecule has 0 spiro atoms. The van der Waals surface area contributed by atoms with E-state index in [0.717, 1.165) is 38.5 Å². The maximum atomic E-state index is 12.5. The van der Waals surface area contributed by atoms with Gasteiger partial charge < -0.3 is 29.5 Å². The van der Waals surface area contributed by atoms with Gasteiger partial charge in [-0.2, -0.15) is 0 Å². The van der Waals surface area contributed by atoms with Crippen molar-refractivity contribution in [3.05, 3.63) is 36.5 Å². The third kappa shape index (κ3) is 32.3. The average molecular weight is 855 g/mol. The van der Waals surface area contributed by atoms with Crippen molar-refractivity contribution in [3.8, 4) is 0 Å². The monoisotopic (exact) mass is 855 g/mol. The molecule has 0 unspecified atom stereocenters. The number of Topliss-reactive ketones (excluding diaryl/α,β-unsaturated/α-hetero) is 1. The number of esters is 2. The quantitative estimate of drug-likeness (QED) is 0.0200. The fourth-order valence-electron chi connectivity index (χ4n) is 7.41. The number of carbonyl (C=O) groups is 3. The highest BCUT2D eigenvalue weighted by Gasteiger charge is 2.39. The summed E-state index contributed by atoms with van der Waals surface area (Å²) in [4.78, 5) is 55.7. The molecular weight excluding hydrogens is 771 g/mol. The number of allylic oxidation sites excluding steroid dienone is 4. The number of unbranched alkanes of at least 4 members (excludes halogenated alkanes) is 20. The Bertz CT molecular complexity index is 1210. The van der Waals surface area contributed by atoms with E-state index in [1.807, 2.05) is 12.2 Å². The van der Waals surface area contributed by atoms with Crippen LogP contribution in [0.4, 0.5) is 0 Å². The lowest BCUT2D eigenvalue weighted by atomic mass is 9.90. The van der Waals surface area contributed by atoms with Gasteiger partial charge in [-0.3, -0.25) is 18.9 Å². The van der Waals surface area contributed by atoms with Crippen LogP contribution >= 0.6 is 7.82 Å². The van der Waals surface area contributed by atoms with Crippen LogP contribution in [0.25, 0.3) is 0 Å². The van der Waals surface area contributed by atoms with Crippen LogP contribution in [0.5, 0.6) is 0 Å². The minimum atomic E-state index is -4.82. The Labute approximate surface area is 357 Å². The van der Waals surface area contributed by atoms with Gasteiger partial charge in [0.1, 0.15) is 12.4 Å². The van der Waals surface area contributed by atoms with Crippen LogP contribution in [0, 0.1) is 11.8 Å². The van der Waals surface area contributed by atoms with Crippen LogP contribution in [0.15, 0.2) is 36.5 Å². The minimum Gasteiger partial charge on any atom is -0.462 e. The fraction of sp³-hybridized carbons (Fsp3) is 0.809. The van der Waals surface area contributed by atoms with E-state index in [1.165, 1.54) is 96.3 Å². The lowest BCUT2D eigenvalue weighted by Gasteiger charge is -2.18. The Morgan fingerprint density at radius 2 is 1.20 bits per heavy atom. The number of aliphatic hydroxyl groups is 2. The van der Waals surface area contributed by atoms with Crippen molar-refractivity contribution < 1.29 is 52.9 Å². The first kappa shape index (κ1) is 54.9. The molecule has 1 aliphatic carbocycles. The second-order valence-corrected chi connectivity index (χ2v) is 17.7. The smallest absolute Gasteiger partial charge is 0.462 e. The summed E-state index contributed by atoms with van der Waals surface area (Å²) in [5.41, 5.74) is 0. The van der Waals surface area contributed by atoms with Crippen molar-refractivity contribution in [1.82, 2.24) is 0 Å².